The Morgan fingerprint density at radius 3 is 2.91 bits per heavy atom. The van der Waals surface area contributed by atoms with Crippen LogP contribution in [0.15, 0.2) is 34.9 Å². The minimum absolute atomic E-state index is 0.0243. The Morgan fingerprint density at radius 1 is 1.41 bits per heavy atom. The fourth-order valence-corrected chi connectivity index (χ4v) is 3.05. The molecule has 2 heterocycles. The summed E-state index contributed by atoms with van der Waals surface area (Å²) in [5.41, 5.74) is 2.14. The van der Waals surface area contributed by atoms with Crippen molar-refractivity contribution in [2.24, 2.45) is 5.92 Å². The molecule has 0 radical (unpaired) electrons. The standard InChI is InChI=1S/C17H21N3O2/c1-12-15(16(19-22-12)14-6-4-3-5-7-14)17(21)20-9-8-13(11-20)10-18-2/h3-7,13,18H,8-11H2,1-2H3. The first-order valence-electron chi connectivity index (χ1n) is 7.66. The molecule has 1 N–H and O–H groups in total. The van der Waals surface area contributed by atoms with Crippen molar-refractivity contribution < 1.29 is 9.32 Å². The van der Waals surface area contributed by atoms with E-state index in [1.165, 1.54) is 0 Å². The summed E-state index contributed by atoms with van der Waals surface area (Å²) in [5.74, 6) is 1.13. The highest BCUT2D eigenvalue weighted by molar-refractivity contribution is 6.00. The molecule has 1 aliphatic rings. The van der Waals surface area contributed by atoms with E-state index in [-0.39, 0.29) is 5.91 Å². The van der Waals surface area contributed by atoms with E-state index in [2.05, 4.69) is 10.5 Å². The number of hydrogen-bond donors (Lipinski definition) is 1. The first-order valence-corrected chi connectivity index (χ1v) is 7.66. The number of likely N-dealkylation sites (tertiary alicyclic amines) is 1. The highest BCUT2D eigenvalue weighted by Gasteiger charge is 2.31. The van der Waals surface area contributed by atoms with Crippen LogP contribution in [-0.4, -0.2) is 42.6 Å². The van der Waals surface area contributed by atoms with Crippen LogP contribution < -0.4 is 5.32 Å². The lowest BCUT2D eigenvalue weighted by atomic mass is 10.1. The Morgan fingerprint density at radius 2 is 2.18 bits per heavy atom. The highest BCUT2D eigenvalue weighted by atomic mass is 16.5. The Labute approximate surface area is 130 Å². The van der Waals surface area contributed by atoms with Gasteiger partial charge in [-0.05, 0) is 32.9 Å². The molecule has 5 nitrogen and oxygen atoms in total. The van der Waals surface area contributed by atoms with E-state index < -0.39 is 0 Å². The van der Waals surface area contributed by atoms with Crippen LogP contribution in [0.2, 0.25) is 0 Å². The molecule has 1 fully saturated rings. The van der Waals surface area contributed by atoms with Gasteiger partial charge in [0.25, 0.3) is 5.91 Å². The van der Waals surface area contributed by atoms with E-state index in [1.54, 1.807) is 6.92 Å². The van der Waals surface area contributed by atoms with Gasteiger partial charge in [-0.25, -0.2) is 0 Å². The molecular formula is C17H21N3O2. The van der Waals surface area contributed by atoms with Gasteiger partial charge in [-0.15, -0.1) is 0 Å². The zero-order valence-electron chi connectivity index (χ0n) is 13.0. The number of hydrogen-bond acceptors (Lipinski definition) is 4. The molecule has 0 bridgehead atoms. The smallest absolute Gasteiger partial charge is 0.259 e. The monoisotopic (exact) mass is 299 g/mol. The van der Waals surface area contributed by atoms with Crippen molar-refractivity contribution in [1.82, 2.24) is 15.4 Å². The molecule has 0 spiro atoms. The van der Waals surface area contributed by atoms with Crippen molar-refractivity contribution in [2.45, 2.75) is 13.3 Å². The summed E-state index contributed by atoms with van der Waals surface area (Å²) in [6.45, 7) is 4.33. The zero-order chi connectivity index (χ0) is 15.5. The predicted molar refractivity (Wildman–Crippen MR) is 84.6 cm³/mol. The Hall–Kier alpha value is -2.14. The van der Waals surface area contributed by atoms with Crippen LogP contribution in [0, 0.1) is 12.8 Å². The zero-order valence-corrected chi connectivity index (χ0v) is 13.0. The molecule has 0 aliphatic carbocycles. The molecule has 1 aliphatic heterocycles. The summed E-state index contributed by atoms with van der Waals surface area (Å²) in [4.78, 5) is 14.8. The van der Waals surface area contributed by atoms with Crippen LogP contribution >= 0.6 is 0 Å². The van der Waals surface area contributed by atoms with Crippen LogP contribution in [0.25, 0.3) is 11.3 Å². The maximum absolute atomic E-state index is 12.9. The molecule has 0 saturated carbocycles. The van der Waals surface area contributed by atoms with Crippen molar-refractivity contribution in [3.63, 3.8) is 0 Å². The number of nitrogens with zero attached hydrogens (tertiary/aromatic N) is 2. The van der Waals surface area contributed by atoms with Gasteiger partial charge in [0.1, 0.15) is 17.0 Å². The Balaban J connectivity index is 1.86. The van der Waals surface area contributed by atoms with Gasteiger partial charge in [-0.1, -0.05) is 35.5 Å². The van der Waals surface area contributed by atoms with E-state index in [0.717, 1.165) is 31.6 Å². The largest absolute Gasteiger partial charge is 0.360 e. The third-order valence-electron chi connectivity index (χ3n) is 4.19. The van der Waals surface area contributed by atoms with Gasteiger partial charge in [0, 0.05) is 18.7 Å². The molecule has 1 amide bonds. The lowest BCUT2D eigenvalue weighted by molar-refractivity contribution is 0.0786. The third kappa shape index (κ3) is 2.76. The van der Waals surface area contributed by atoms with Crippen molar-refractivity contribution >= 4 is 5.91 Å². The molecule has 1 aromatic heterocycles. The molecular weight excluding hydrogens is 278 g/mol. The van der Waals surface area contributed by atoms with Crippen molar-refractivity contribution in [2.75, 3.05) is 26.7 Å². The van der Waals surface area contributed by atoms with Gasteiger partial charge in [-0.2, -0.15) is 0 Å². The maximum Gasteiger partial charge on any atom is 0.259 e. The third-order valence-corrected chi connectivity index (χ3v) is 4.19. The van der Waals surface area contributed by atoms with Crippen LogP contribution in [0.3, 0.4) is 0 Å². The molecule has 2 aromatic rings. The summed E-state index contributed by atoms with van der Waals surface area (Å²) in [6.07, 6.45) is 1.04. The van der Waals surface area contributed by atoms with E-state index in [1.807, 2.05) is 42.3 Å². The number of amides is 1. The fraction of sp³-hybridized carbons (Fsp3) is 0.412. The van der Waals surface area contributed by atoms with Gasteiger partial charge in [0.2, 0.25) is 0 Å². The van der Waals surface area contributed by atoms with Crippen LogP contribution in [0.5, 0.6) is 0 Å². The molecule has 116 valence electrons. The van der Waals surface area contributed by atoms with Crippen molar-refractivity contribution in [3.05, 3.63) is 41.7 Å². The number of benzene rings is 1. The first kappa shape index (κ1) is 14.8. The molecule has 1 saturated heterocycles. The summed E-state index contributed by atoms with van der Waals surface area (Å²) >= 11 is 0. The van der Waals surface area contributed by atoms with E-state index in [0.29, 0.717) is 22.9 Å². The average Bonchev–Trinajstić information content (AvgIpc) is 3.15. The molecule has 5 heteroatoms. The number of carbonyl (C=O) groups is 1. The molecule has 1 aromatic carbocycles. The minimum atomic E-state index is 0.0243. The second-order valence-corrected chi connectivity index (χ2v) is 5.79. The lowest BCUT2D eigenvalue weighted by Gasteiger charge is -2.16. The van der Waals surface area contributed by atoms with E-state index >= 15 is 0 Å². The quantitative estimate of drug-likeness (QED) is 0.941. The molecule has 1 unspecified atom stereocenters. The molecule has 22 heavy (non-hydrogen) atoms. The van der Waals surface area contributed by atoms with Crippen LogP contribution in [-0.2, 0) is 0 Å². The number of aromatic nitrogens is 1. The first-order chi connectivity index (χ1) is 10.7. The van der Waals surface area contributed by atoms with E-state index in [9.17, 15) is 4.79 Å². The number of nitrogens with one attached hydrogen (secondary N) is 1. The van der Waals surface area contributed by atoms with Crippen LogP contribution in [0.1, 0.15) is 22.5 Å². The van der Waals surface area contributed by atoms with Gasteiger partial charge in [0.15, 0.2) is 0 Å². The fourth-order valence-electron chi connectivity index (χ4n) is 3.05. The SMILES string of the molecule is CNCC1CCN(C(=O)c2c(-c3ccccc3)noc2C)C1. The summed E-state index contributed by atoms with van der Waals surface area (Å²) in [5, 5.41) is 7.28. The minimum Gasteiger partial charge on any atom is -0.360 e. The Kier molecular flexibility index (Phi) is 4.24. The van der Waals surface area contributed by atoms with Crippen molar-refractivity contribution in [1.29, 1.82) is 0 Å². The van der Waals surface area contributed by atoms with E-state index in [4.69, 9.17) is 4.52 Å². The lowest BCUT2D eigenvalue weighted by Crippen LogP contribution is -2.30. The van der Waals surface area contributed by atoms with Gasteiger partial charge in [0.05, 0.1) is 0 Å². The second kappa shape index (κ2) is 6.32. The Bertz CT molecular complexity index is 651. The number of rotatable bonds is 4. The maximum atomic E-state index is 12.9. The highest BCUT2D eigenvalue weighted by Crippen LogP contribution is 2.28. The van der Waals surface area contributed by atoms with Gasteiger partial charge < -0.3 is 14.7 Å². The predicted octanol–water partition coefficient (Wildman–Crippen LogP) is 2.33. The summed E-state index contributed by atoms with van der Waals surface area (Å²) < 4.78 is 5.30. The van der Waals surface area contributed by atoms with Gasteiger partial charge in [-0.3, -0.25) is 4.79 Å². The number of carbonyl (C=O) groups excluding carboxylic acids is 1. The topological polar surface area (TPSA) is 58.4 Å². The average molecular weight is 299 g/mol. The normalized spacial score (nSPS) is 17.9. The summed E-state index contributed by atoms with van der Waals surface area (Å²) in [6, 6.07) is 9.71. The summed E-state index contributed by atoms with van der Waals surface area (Å²) in [7, 11) is 1.95. The van der Waals surface area contributed by atoms with Gasteiger partial charge >= 0.3 is 0 Å². The molecule has 3 rings (SSSR count). The van der Waals surface area contributed by atoms with Crippen molar-refractivity contribution in [3.8, 4) is 11.3 Å². The van der Waals surface area contributed by atoms with Crippen LogP contribution in [0.4, 0.5) is 0 Å². The molecule has 1 atom stereocenters. The number of aryl methyl sites for hydroxylation is 1. The second-order valence-electron chi connectivity index (χ2n) is 5.79.